The Morgan fingerprint density at radius 2 is 1.39 bits per heavy atom. The molecule has 0 spiro atoms. The van der Waals surface area contributed by atoms with E-state index in [1.807, 2.05) is 27.7 Å². The van der Waals surface area contributed by atoms with Crippen molar-refractivity contribution in [2.75, 3.05) is 14.2 Å². The van der Waals surface area contributed by atoms with E-state index < -0.39 is 24.0 Å². The van der Waals surface area contributed by atoms with Crippen molar-refractivity contribution in [2.45, 2.75) is 52.6 Å². The van der Waals surface area contributed by atoms with Gasteiger partial charge < -0.3 is 20.1 Å². The SMILES string of the molecule is COC(=O)C(CC(C)C)NC(=O)C(CC(C)C)NC(=O)c1ccc(OC)cc1. The van der Waals surface area contributed by atoms with Crippen molar-refractivity contribution >= 4 is 17.8 Å². The van der Waals surface area contributed by atoms with Crippen LogP contribution in [0.1, 0.15) is 50.9 Å². The molecule has 2 atom stereocenters. The molecule has 156 valence electrons. The summed E-state index contributed by atoms with van der Waals surface area (Å²) in [5, 5.41) is 5.50. The third-order valence-corrected chi connectivity index (χ3v) is 4.19. The van der Waals surface area contributed by atoms with Crippen LogP contribution in [-0.4, -0.2) is 44.1 Å². The number of rotatable bonds is 10. The van der Waals surface area contributed by atoms with Gasteiger partial charge in [0.05, 0.1) is 14.2 Å². The van der Waals surface area contributed by atoms with Crippen LogP contribution in [0.15, 0.2) is 24.3 Å². The second-order valence-electron chi connectivity index (χ2n) is 7.60. The number of hydrogen-bond acceptors (Lipinski definition) is 5. The fourth-order valence-electron chi connectivity index (χ4n) is 2.79. The van der Waals surface area contributed by atoms with E-state index in [4.69, 9.17) is 9.47 Å². The van der Waals surface area contributed by atoms with Gasteiger partial charge in [0.1, 0.15) is 17.8 Å². The first kappa shape index (κ1) is 23.5. The monoisotopic (exact) mass is 392 g/mol. The maximum atomic E-state index is 12.8. The molecule has 0 aliphatic heterocycles. The van der Waals surface area contributed by atoms with E-state index in [0.29, 0.717) is 24.2 Å². The summed E-state index contributed by atoms with van der Waals surface area (Å²) in [6, 6.07) is 5.13. The van der Waals surface area contributed by atoms with E-state index in [1.165, 1.54) is 7.11 Å². The summed E-state index contributed by atoms with van der Waals surface area (Å²) in [6.45, 7) is 7.84. The van der Waals surface area contributed by atoms with Gasteiger partial charge in [-0.1, -0.05) is 27.7 Å². The minimum absolute atomic E-state index is 0.175. The molecule has 0 aromatic heterocycles. The number of esters is 1. The number of nitrogens with one attached hydrogen (secondary N) is 2. The highest BCUT2D eigenvalue weighted by molar-refractivity contribution is 5.98. The molecule has 0 bridgehead atoms. The van der Waals surface area contributed by atoms with Crippen molar-refractivity contribution < 1.29 is 23.9 Å². The molecule has 2 amide bonds. The van der Waals surface area contributed by atoms with Crippen LogP contribution in [0, 0.1) is 11.8 Å². The van der Waals surface area contributed by atoms with Gasteiger partial charge in [0.25, 0.3) is 5.91 Å². The molecule has 2 N–H and O–H groups in total. The molecule has 0 fully saturated rings. The maximum absolute atomic E-state index is 12.8. The van der Waals surface area contributed by atoms with Crippen LogP contribution < -0.4 is 15.4 Å². The van der Waals surface area contributed by atoms with Crippen LogP contribution in [0.3, 0.4) is 0 Å². The van der Waals surface area contributed by atoms with Gasteiger partial charge in [0.2, 0.25) is 5.91 Å². The summed E-state index contributed by atoms with van der Waals surface area (Å²) in [6.07, 6.45) is 0.905. The molecule has 0 saturated carbocycles. The summed E-state index contributed by atoms with van der Waals surface area (Å²) >= 11 is 0. The van der Waals surface area contributed by atoms with Gasteiger partial charge in [-0.05, 0) is 48.9 Å². The lowest BCUT2D eigenvalue weighted by atomic mass is 10.00. The Hall–Kier alpha value is -2.57. The van der Waals surface area contributed by atoms with Crippen molar-refractivity contribution in [3.63, 3.8) is 0 Å². The standard InChI is InChI=1S/C21H32N2O5/c1-13(2)11-17(20(25)23-18(12-14(3)4)21(26)28-6)22-19(24)15-7-9-16(27-5)10-8-15/h7-10,13-14,17-18H,11-12H2,1-6H3,(H,22,24)(H,23,25). The first-order chi connectivity index (χ1) is 13.2. The minimum Gasteiger partial charge on any atom is -0.497 e. The zero-order valence-electron chi connectivity index (χ0n) is 17.6. The Kier molecular flexibility index (Phi) is 9.48. The molecule has 0 saturated heterocycles. The molecular weight excluding hydrogens is 360 g/mol. The molecule has 7 heteroatoms. The summed E-state index contributed by atoms with van der Waals surface area (Å²) < 4.78 is 9.88. The first-order valence-corrected chi connectivity index (χ1v) is 9.51. The maximum Gasteiger partial charge on any atom is 0.328 e. The van der Waals surface area contributed by atoms with Crippen LogP contribution in [0.25, 0.3) is 0 Å². The van der Waals surface area contributed by atoms with Gasteiger partial charge >= 0.3 is 5.97 Å². The van der Waals surface area contributed by atoms with Crippen LogP contribution >= 0.6 is 0 Å². The topological polar surface area (TPSA) is 93.7 Å². The molecule has 28 heavy (non-hydrogen) atoms. The smallest absolute Gasteiger partial charge is 0.328 e. The van der Waals surface area contributed by atoms with Gasteiger partial charge in [-0.25, -0.2) is 4.79 Å². The van der Waals surface area contributed by atoms with Crippen molar-refractivity contribution in [1.82, 2.24) is 10.6 Å². The van der Waals surface area contributed by atoms with Crippen LogP contribution in [-0.2, 0) is 14.3 Å². The van der Waals surface area contributed by atoms with E-state index in [2.05, 4.69) is 10.6 Å². The molecule has 0 heterocycles. The van der Waals surface area contributed by atoms with E-state index >= 15 is 0 Å². The second-order valence-corrected chi connectivity index (χ2v) is 7.60. The lowest BCUT2D eigenvalue weighted by Crippen LogP contribution is -2.52. The van der Waals surface area contributed by atoms with Gasteiger partial charge in [-0.3, -0.25) is 9.59 Å². The largest absolute Gasteiger partial charge is 0.497 e. The number of hydrogen-bond donors (Lipinski definition) is 2. The summed E-state index contributed by atoms with van der Waals surface area (Å²) in [5.41, 5.74) is 0.425. The Morgan fingerprint density at radius 1 is 0.857 bits per heavy atom. The van der Waals surface area contributed by atoms with Gasteiger partial charge in [-0.2, -0.15) is 0 Å². The zero-order chi connectivity index (χ0) is 21.3. The molecule has 2 unspecified atom stereocenters. The van der Waals surface area contributed by atoms with Crippen LogP contribution in [0.4, 0.5) is 0 Å². The van der Waals surface area contributed by atoms with Gasteiger partial charge in [-0.15, -0.1) is 0 Å². The summed E-state index contributed by atoms with van der Waals surface area (Å²) in [5.74, 6) is -0.238. The summed E-state index contributed by atoms with van der Waals surface area (Å²) in [7, 11) is 2.84. The highest BCUT2D eigenvalue weighted by atomic mass is 16.5. The lowest BCUT2D eigenvalue weighted by molar-refractivity contribution is -0.145. The first-order valence-electron chi connectivity index (χ1n) is 9.51. The average Bonchev–Trinajstić information content (AvgIpc) is 2.65. The third-order valence-electron chi connectivity index (χ3n) is 4.19. The third kappa shape index (κ3) is 7.58. The van der Waals surface area contributed by atoms with Crippen molar-refractivity contribution in [3.8, 4) is 5.75 Å². The lowest BCUT2D eigenvalue weighted by Gasteiger charge is -2.24. The molecule has 1 rings (SSSR count). The van der Waals surface area contributed by atoms with E-state index in [1.54, 1.807) is 31.4 Å². The van der Waals surface area contributed by atoms with Crippen LogP contribution in [0.2, 0.25) is 0 Å². The number of methoxy groups -OCH3 is 2. The molecule has 1 aromatic carbocycles. The van der Waals surface area contributed by atoms with Crippen molar-refractivity contribution in [2.24, 2.45) is 11.8 Å². The highest BCUT2D eigenvalue weighted by Gasteiger charge is 2.28. The fourth-order valence-corrected chi connectivity index (χ4v) is 2.79. The van der Waals surface area contributed by atoms with E-state index in [0.717, 1.165) is 0 Å². The van der Waals surface area contributed by atoms with Crippen LogP contribution in [0.5, 0.6) is 5.75 Å². The fraction of sp³-hybridized carbons (Fsp3) is 0.571. The quantitative estimate of drug-likeness (QED) is 0.597. The minimum atomic E-state index is -0.756. The second kappa shape index (κ2) is 11.3. The van der Waals surface area contributed by atoms with Gasteiger partial charge in [0.15, 0.2) is 0 Å². The predicted molar refractivity (Wildman–Crippen MR) is 107 cm³/mol. The summed E-state index contributed by atoms with van der Waals surface area (Å²) in [4.78, 5) is 37.4. The highest BCUT2D eigenvalue weighted by Crippen LogP contribution is 2.13. The van der Waals surface area contributed by atoms with E-state index in [-0.39, 0.29) is 17.7 Å². The average molecular weight is 392 g/mol. The molecule has 7 nitrogen and oxygen atoms in total. The Morgan fingerprint density at radius 3 is 1.86 bits per heavy atom. The zero-order valence-corrected chi connectivity index (χ0v) is 17.6. The molecular formula is C21H32N2O5. The number of carbonyl (C=O) groups is 3. The number of ether oxygens (including phenoxy) is 2. The number of benzene rings is 1. The molecule has 0 aliphatic rings. The normalized spacial score (nSPS) is 13.0. The van der Waals surface area contributed by atoms with E-state index in [9.17, 15) is 14.4 Å². The Bertz CT molecular complexity index is 655. The van der Waals surface area contributed by atoms with Crippen molar-refractivity contribution in [3.05, 3.63) is 29.8 Å². The van der Waals surface area contributed by atoms with Gasteiger partial charge in [0, 0.05) is 5.56 Å². The number of carbonyl (C=O) groups excluding carboxylic acids is 3. The number of amides is 2. The predicted octanol–water partition coefficient (Wildman–Crippen LogP) is 2.54. The Labute approximate surface area is 167 Å². The van der Waals surface area contributed by atoms with Crippen molar-refractivity contribution in [1.29, 1.82) is 0 Å². The molecule has 0 aliphatic carbocycles. The molecule has 1 aromatic rings. The molecule has 0 radical (unpaired) electrons. The Balaban J connectivity index is 2.90.